The number of nitrogens with zero attached hydrogens (tertiary/aromatic N) is 3. The van der Waals surface area contributed by atoms with Crippen LogP contribution in [0.5, 0.6) is 0 Å². The monoisotopic (exact) mass is 351 g/mol. The van der Waals surface area contributed by atoms with Gasteiger partial charge in [-0.15, -0.1) is 0 Å². The molecule has 0 fully saturated rings. The molecule has 7 heteroatoms. The average molecular weight is 351 g/mol. The first-order valence-corrected chi connectivity index (χ1v) is 8.42. The number of nitrogens with one attached hydrogen (secondary N) is 2. The summed E-state index contributed by atoms with van der Waals surface area (Å²) in [6.07, 6.45) is 7.91. The van der Waals surface area contributed by atoms with Crippen LogP contribution in [0.2, 0.25) is 0 Å². The van der Waals surface area contributed by atoms with Crippen LogP contribution >= 0.6 is 0 Å². The standard InChI is InChI=1S/C19H18FN5O/c1-12-10-25-11-15(8-16(20)18(25)23-12)24-19(26)14-2-3-17(22-9-14)13-4-6-21-7-5-13/h2-4,8-11,21H,5-7H2,1H3,(H,24,26). The lowest BCUT2D eigenvalue weighted by atomic mass is 10.0. The molecule has 0 saturated carbocycles. The predicted octanol–water partition coefficient (Wildman–Crippen LogP) is 2.81. The Labute approximate surface area is 149 Å². The van der Waals surface area contributed by atoms with E-state index in [-0.39, 0.29) is 11.6 Å². The topological polar surface area (TPSA) is 71.3 Å². The smallest absolute Gasteiger partial charge is 0.257 e. The molecule has 1 aliphatic rings. The molecule has 0 unspecified atom stereocenters. The van der Waals surface area contributed by atoms with Crippen molar-refractivity contribution in [1.29, 1.82) is 0 Å². The Kier molecular flexibility index (Phi) is 4.22. The Morgan fingerprint density at radius 2 is 2.23 bits per heavy atom. The van der Waals surface area contributed by atoms with Crippen LogP contribution in [0.3, 0.4) is 0 Å². The molecule has 4 heterocycles. The highest BCUT2D eigenvalue weighted by molar-refractivity contribution is 6.04. The van der Waals surface area contributed by atoms with Gasteiger partial charge < -0.3 is 15.0 Å². The lowest BCUT2D eigenvalue weighted by Crippen LogP contribution is -2.20. The van der Waals surface area contributed by atoms with Crippen molar-refractivity contribution in [1.82, 2.24) is 19.7 Å². The zero-order valence-electron chi connectivity index (χ0n) is 14.3. The summed E-state index contributed by atoms with van der Waals surface area (Å²) in [6, 6.07) is 4.84. The summed E-state index contributed by atoms with van der Waals surface area (Å²) in [4.78, 5) is 20.9. The third-order valence-corrected chi connectivity index (χ3v) is 4.30. The van der Waals surface area contributed by atoms with Crippen LogP contribution in [0.25, 0.3) is 11.2 Å². The second kappa shape index (κ2) is 6.68. The number of halogens is 1. The Balaban J connectivity index is 1.53. The van der Waals surface area contributed by atoms with Crippen LogP contribution in [0.15, 0.2) is 42.9 Å². The Morgan fingerprint density at radius 1 is 1.35 bits per heavy atom. The number of carbonyl (C=O) groups is 1. The molecule has 0 bridgehead atoms. The number of amides is 1. The molecular formula is C19H18FN5O. The van der Waals surface area contributed by atoms with Gasteiger partial charge in [0.05, 0.1) is 22.6 Å². The molecule has 0 aromatic carbocycles. The van der Waals surface area contributed by atoms with Crippen LogP contribution in [-0.2, 0) is 0 Å². The molecule has 6 nitrogen and oxygen atoms in total. The SMILES string of the molecule is Cc1cn2cc(NC(=O)c3ccc(C4=CCNCC4)nc3)cc(F)c2n1. The van der Waals surface area contributed by atoms with E-state index in [2.05, 4.69) is 26.7 Å². The quantitative estimate of drug-likeness (QED) is 0.761. The van der Waals surface area contributed by atoms with Gasteiger partial charge in [0.15, 0.2) is 11.5 Å². The maximum Gasteiger partial charge on any atom is 0.257 e. The second-order valence-corrected chi connectivity index (χ2v) is 6.26. The fourth-order valence-electron chi connectivity index (χ4n) is 3.02. The van der Waals surface area contributed by atoms with Crippen molar-refractivity contribution in [3.63, 3.8) is 0 Å². The number of aryl methyl sites for hydroxylation is 1. The summed E-state index contributed by atoms with van der Waals surface area (Å²) in [5.74, 6) is -0.818. The third kappa shape index (κ3) is 3.21. The molecule has 1 amide bonds. The molecular weight excluding hydrogens is 333 g/mol. The van der Waals surface area contributed by atoms with E-state index in [0.29, 0.717) is 16.9 Å². The van der Waals surface area contributed by atoms with Crippen molar-refractivity contribution in [3.8, 4) is 0 Å². The first-order chi connectivity index (χ1) is 12.6. The van der Waals surface area contributed by atoms with Gasteiger partial charge in [-0.3, -0.25) is 9.78 Å². The number of carbonyl (C=O) groups excluding carboxylic acids is 1. The lowest BCUT2D eigenvalue weighted by Gasteiger charge is -2.13. The maximum absolute atomic E-state index is 14.1. The zero-order chi connectivity index (χ0) is 18.1. The van der Waals surface area contributed by atoms with Crippen LogP contribution in [0.4, 0.5) is 10.1 Å². The minimum Gasteiger partial charge on any atom is -0.321 e. The lowest BCUT2D eigenvalue weighted by molar-refractivity contribution is 0.102. The Morgan fingerprint density at radius 3 is 2.96 bits per heavy atom. The van der Waals surface area contributed by atoms with E-state index in [1.54, 1.807) is 36.0 Å². The molecule has 3 aromatic heterocycles. The number of anilines is 1. The summed E-state index contributed by atoms with van der Waals surface area (Å²) in [6.45, 7) is 3.55. The van der Waals surface area contributed by atoms with E-state index in [0.717, 1.165) is 25.2 Å². The van der Waals surface area contributed by atoms with Gasteiger partial charge >= 0.3 is 0 Å². The molecule has 132 valence electrons. The molecule has 3 aromatic rings. The highest BCUT2D eigenvalue weighted by Gasteiger charge is 2.12. The normalized spacial score (nSPS) is 14.3. The van der Waals surface area contributed by atoms with Crippen molar-refractivity contribution in [2.75, 3.05) is 18.4 Å². The fourth-order valence-corrected chi connectivity index (χ4v) is 3.02. The number of aromatic nitrogens is 3. The van der Waals surface area contributed by atoms with Gasteiger partial charge in [-0.05, 0) is 37.6 Å². The van der Waals surface area contributed by atoms with Gasteiger partial charge in [-0.2, -0.15) is 0 Å². The van der Waals surface area contributed by atoms with E-state index in [9.17, 15) is 9.18 Å². The van der Waals surface area contributed by atoms with E-state index in [4.69, 9.17) is 0 Å². The third-order valence-electron chi connectivity index (χ3n) is 4.30. The molecule has 0 aliphatic carbocycles. The molecule has 0 spiro atoms. The van der Waals surface area contributed by atoms with Crippen molar-refractivity contribution in [2.45, 2.75) is 13.3 Å². The second-order valence-electron chi connectivity index (χ2n) is 6.26. The maximum atomic E-state index is 14.1. The summed E-state index contributed by atoms with van der Waals surface area (Å²) in [5.41, 5.74) is 3.79. The molecule has 0 saturated heterocycles. The van der Waals surface area contributed by atoms with Gasteiger partial charge in [0, 0.05) is 31.2 Å². The number of hydrogen-bond donors (Lipinski definition) is 2. The van der Waals surface area contributed by atoms with Crippen LogP contribution in [0.1, 0.15) is 28.2 Å². The summed E-state index contributed by atoms with van der Waals surface area (Å²) in [5, 5.41) is 5.96. The number of hydrogen-bond acceptors (Lipinski definition) is 4. The van der Waals surface area contributed by atoms with Gasteiger partial charge in [0.2, 0.25) is 0 Å². The van der Waals surface area contributed by atoms with E-state index in [1.807, 2.05) is 6.07 Å². The predicted molar refractivity (Wildman–Crippen MR) is 97.5 cm³/mol. The molecule has 0 atom stereocenters. The van der Waals surface area contributed by atoms with Gasteiger partial charge in [0.25, 0.3) is 5.91 Å². The minimum absolute atomic E-state index is 0.238. The van der Waals surface area contributed by atoms with Crippen molar-refractivity contribution < 1.29 is 9.18 Å². The van der Waals surface area contributed by atoms with Gasteiger partial charge in [-0.25, -0.2) is 9.37 Å². The number of imidazole rings is 1. The van der Waals surface area contributed by atoms with Gasteiger partial charge in [0.1, 0.15) is 0 Å². The van der Waals surface area contributed by atoms with E-state index < -0.39 is 5.82 Å². The zero-order valence-corrected chi connectivity index (χ0v) is 14.3. The van der Waals surface area contributed by atoms with Crippen molar-refractivity contribution >= 4 is 22.8 Å². The molecule has 26 heavy (non-hydrogen) atoms. The van der Waals surface area contributed by atoms with Crippen LogP contribution in [-0.4, -0.2) is 33.4 Å². The van der Waals surface area contributed by atoms with Gasteiger partial charge in [-0.1, -0.05) is 6.08 Å². The van der Waals surface area contributed by atoms with E-state index in [1.165, 1.54) is 11.6 Å². The number of rotatable bonds is 3. The summed E-state index contributed by atoms with van der Waals surface area (Å²) < 4.78 is 15.7. The minimum atomic E-state index is -0.484. The van der Waals surface area contributed by atoms with E-state index >= 15 is 0 Å². The number of fused-ring (bicyclic) bond motifs is 1. The van der Waals surface area contributed by atoms with Crippen LogP contribution < -0.4 is 10.6 Å². The fraction of sp³-hybridized carbons (Fsp3) is 0.211. The highest BCUT2D eigenvalue weighted by atomic mass is 19.1. The summed E-state index contributed by atoms with van der Waals surface area (Å²) >= 11 is 0. The van der Waals surface area contributed by atoms with Crippen molar-refractivity contribution in [2.24, 2.45) is 0 Å². The summed E-state index contributed by atoms with van der Waals surface area (Å²) in [7, 11) is 0. The largest absolute Gasteiger partial charge is 0.321 e. The molecule has 0 radical (unpaired) electrons. The first kappa shape index (κ1) is 16.4. The molecule has 1 aliphatic heterocycles. The molecule has 2 N–H and O–H groups in total. The van der Waals surface area contributed by atoms with Crippen molar-refractivity contribution in [3.05, 3.63) is 65.6 Å². The molecule has 4 rings (SSSR count). The Bertz CT molecular complexity index is 1010. The average Bonchev–Trinajstić information content (AvgIpc) is 3.03. The number of pyridine rings is 2. The highest BCUT2D eigenvalue weighted by Crippen LogP contribution is 2.19. The van der Waals surface area contributed by atoms with Crippen LogP contribution in [0, 0.1) is 12.7 Å². The Hall–Kier alpha value is -3.06. The first-order valence-electron chi connectivity index (χ1n) is 8.42.